The van der Waals surface area contributed by atoms with Crippen LogP contribution in [0.4, 0.5) is 0 Å². The van der Waals surface area contributed by atoms with Gasteiger partial charge < -0.3 is 19.7 Å². The first-order valence-electron chi connectivity index (χ1n) is 7.95. The third-order valence-corrected chi connectivity index (χ3v) is 4.22. The fourth-order valence-corrected chi connectivity index (χ4v) is 2.86. The first-order chi connectivity index (χ1) is 12.4. The van der Waals surface area contributed by atoms with Crippen LogP contribution in [0, 0.1) is 6.92 Å². The Morgan fingerprint density at radius 3 is 2.69 bits per heavy atom. The molecule has 1 aromatic carbocycles. The molecule has 2 heterocycles. The Kier molecular flexibility index (Phi) is 5.03. The third kappa shape index (κ3) is 3.32. The first-order valence-corrected chi connectivity index (χ1v) is 7.95. The maximum absolute atomic E-state index is 12.4. The van der Waals surface area contributed by atoms with Gasteiger partial charge in [-0.3, -0.25) is 14.3 Å². The monoisotopic (exact) mass is 362 g/mol. The van der Waals surface area contributed by atoms with Gasteiger partial charge >= 0.3 is 11.7 Å². The van der Waals surface area contributed by atoms with Crippen molar-refractivity contribution >= 4 is 5.97 Å². The van der Waals surface area contributed by atoms with Gasteiger partial charge in [0, 0.05) is 12.3 Å². The van der Waals surface area contributed by atoms with Crippen molar-refractivity contribution in [2.45, 2.75) is 31.5 Å². The summed E-state index contributed by atoms with van der Waals surface area (Å²) in [6.45, 7) is 1.21. The Hall–Kier alpha value is -2.75. The van der Waals surface area contributed by atoms with Gasteiger partial charge in [-0.1, -0.05) is 18.2 Å². The number of carbonyl (C=O) groups excluding carboxylic acids is 1. The van der Waals surface area contributed by atoms with Crippen molar-refractivity contribution in [3.63, 3.8) is 0 Å². The van der Waals surface area contributed by atoms with E-state index in [1.165, 1.54) is 0 Å². The molecule has 0 bridgehead atoms. The average Bonchev–Trinajstić information content (AvgIpc) is 2.91. The molecular formula is C17H18N2O7. The van der Waals surface area contributed by atoms with Crippen molar-refractivity contribution in [2.75, 3.05) is 6.61 Å². The lowest BCUT2D eigenvalue weighted by Crippen LogP contribution is -2.40. The number of nitrogens with one attached hydrogen (secondary N) is 1. The van der Waals surface area contributed by atoms with Crippen LogP contribution in [0.5, 0.6) is 0 Å². The Morgan fingerprint density at radius 1 is 1.31 bits per heavy atom. The standard InChI is InChI=1S/C17H18N2O7/c1-9-4-2-3-5-10(9)16(23)26-14-11(8-20)25-15(13(14)22)19-7-6-12(21)18-17(19)24/h2-7,11,13-15,20,22H,8H2,1H3,(H,18,21,24)/t11-,13-,14-,15-/m1/s1. The lowest BCUT2D eigenvalue weighted by molar-refractivity contribution is -0.0563. The second-order valence-electron chi connectivity index (χ2n) is 5.94. The van der Waals surface area contributed by atoms with Gasteiger partial charge in [0.1, 0.15) is 12.2 Å². The number of aliphatic hydroxyl groups is 2. The minimum absolute atomic E-state index is 0.320. The van der Waals surface area contributed by atoms with E-state index in [2.05, 4.69) is 0 Å². The SMILES string of the molecule is Cc1ccccc1C(=O)O[C@H]1[C@@H](O)[C@H](n2ccc(=O)[nH]c2=O)O[C@@H]1CO. The number of hydrogen-bond acceptors (Lipinski definition) is 7. The summed E-state index contributed by atoms with van der Waals surface area (Å²) in [5.41, 5.74) is -0.370. The quantitative estimate of drug-likeness (QED) is 0.614. The summed E-state index contributed by atoms with van der Waals surface area (Å²) >= 11 is 0. The normalized spacial score (nSPS) is 25.2. The summed E-state index contributed by atoms with van der Waals surface area (Å²) in [5.74, 6) is -0.677. The van der Waals surface area contributed by atoms with Crippen molar-refractivity contribution in [1.82, 2.24) is 9.55 Å². The number of nitrogens with zero attached hydrogens (tertiary/aromatic N) is 1. The van der Waals surface area contributed by atoms with Crippen molar-refractivity contribution in [3.8, 4) is 0 Å². The van der Waals surface area contributed by atoms with Crippen LogP contribution < -0.4 is 11.2 Å². The van der Waals surface area contributed by atoms with Crippen LogP contribution in [0.15, 0.2) is 46.1 Å². The minimum atomic E-state index is -1.41. The van der Waals surface area contributed by atoms with Gasteiger partial charge in [-0.2, -0.15) is 0 Å². The fourth-order valence-electron chi connectivity index (χ4n) is 2.86. The molecule has 1 saturated heterocycles. The molecule has 0 unspecified atom stereocenters. The van der Waals surface area contributed by atoms with E-state index >= 15 is 0 Å². The molecule has 1 aliphatic heterocycles. The van der Waals surface area contributed by atoms with Gasteiger partial charge in [0.05, 0.1) is 12.2 Å². The lowest BCUT2D eigenvalue weighted by atomic mass is 10.1. The predicted molar refractivity (Wildman–Crippen MR) is 88.7 cm³/mol. The zero-order chi connectivity index (χ0) is 18.8. The molecule has 4 atom stereocenters. The summed E-state index contributed by atoms with van der Waals surface area (Å²) in [4.78, 5) is 37.5. The van der Waals surface area contributed by atoms with Gasteiger partial charge in [0.2, 0.25) is 0 Å². The molecule has 1 aromatic heterocycles. The fraction of sp³-hybridized carbons (Fsp3) is 0.353. The van der Waals surface area contributed by atoms with E-state index in [4.69, 9.17) is 9.47 Å². The smallest absolute Gasteiger partial charge is 0.338 e. The zero-order valence-corrected chi connectivity index (χ0v) is 13.9. The van der Waals surface area contributed by atoms with Gasteiger partial charge in [-0.15, -0.1) is 0 Å². The van der Waals surface area contributed by atoms with Crippen molar-refractivity contribution in [2.24, 2.45) is 0 Å². The number of carbonyl (C=O) groups is 1. The van der Waals surface area contributed by atoms with Gasteiger partial charge in [-0.25, -0.2) is 9.59 Å². The molecule has 2 aromatic rings. The molecule has 0 radical (unpaired) electrons. The van der Waals surface area contributed by atoms with Crippen LogP contribution in [-0.4, -0.2) is 50.7 Å². The van der Waals surface area contributed by atoms with Crippen molar-refractivity contribution in [1.29, 1.82) is 0 Å². The zero-order valence-electron chi connectivity index (χ0n) is 13.9. The molecule has 0 spiro atoms. The van der Waals surface area contributed by atoms with E-state index in [0.717, 1.165) is 16.8 Å². The van der Waals surface area contributed by atoms with Crippen LogP contribution in [-0.2, 0) is 9.47 Å². The van der Waals surface area contributed by atoms with Crippen LogP contribution in [0.1, 0.15) is 22.1 Å². The highest BCUT2D eigenvalue weighted by Gasteiger charge is 2.47. The van der Waals surface area contributed by atoms with Crippen LogP contribution in [0.2, 0.25) is 0 Å². The van der Waals surface area contributed by atoms with Gasteiger partial charge in [-0.05, 0) is 18.6 Å². The highest BCUT2D eigenvalue weighted by Crippen LogP contribution is 2.31. The van der Waals surface area contributed by atoms with E-state index < -0.39 is 48.4 Å². The first kappa shape index (κ1) is 18.1. The molecule has 26 heavy (non-hydrogen) atoms. The molecule has 9 heteroatoms. The number of hydrogen-bond donors (Lipinski definition) is 3. The molecule has 0 amide bonds. The number of aliphatic hydroxyl groups excluding tert-OH is 2. The van der Waals surface area contributed by atoms with Gasteiger partial charge in [0.25, 0.3) is 5.56 Å². The van der Waals surface area contributed by atoms with Crippen LogP contribution >= 0.6 is 0 Å². The van der Waals surface area contributed by atoms with E-state index in [1.807, 2.05) is 4.98 Å². The predicted octanol–water partition coefficient (Wildman–Crippen LogP) is -0.679. The Balaban J connectivity index is 1.85. The van der Waals surface area contributed by atoms with E-state index in [9.17, 15) is 24.6 Å². The highest BCUT2D eigenvalue weighted by molar-refractivity contribution is 5.91. The summed E-state index contributed by atoms with van der Waals surface area (Å²) in [6.07, 6.45) is -3.68. The molecule has 3 N–H and O–H groups in total. The summed E-state index contributed by atoms with van der Waals surface area (Å²) in [7, 11) is 0. The second-order valence-corrected chi connectivity index (χ2v) is 5.94. The van der Waals surface area contributed by atoms with E-state index in [1.54, 1.807) is 31.2 Å². The minimum Gasteiger partial charge on any atom is -0.453 e. The number of ether oxygens (including phenoxy) is 2. The molecule has 9 nitrogen and oxygen atoms in total. The van der Waals surface area contributed by atoms with E-state index in [-0.39, 0.29) is 0 Å². The molecule has 3 rings (SSSR count). The Labute approximate surface area is 147 Å². The van der Waals surface area contributed by atoms with Crippen LogP contribution in [0.25, 0.3) is 0 Å². The third-order valence-electron chi connectivity index (χ3n) is 4.22. The summed E-state index contributed by atoms with van der Waals surface area (Å²) in [6, 6.07) is 7.87. The number of aryl methyl sites for hydroxylation is 1. The molecule has 0 aliphatic carbocycles. The Bertz CT molecular complexity index is 920. The second kappa shape index (κ2) is 7.24. The number of aromatic amines is 1. The molecule has 1 fully saturated rings. The number of esters is 1. The maximum Gasteiger partial charge on any atom is 0.338 e. The highest BCUT2D eigenvalue weighted by atomic mass is 16.6. The molecular weight excluding hydrogens is 344 g/mol. The van der Waals surface area contributed by atoms with Gasteiger partial charge in [0.15, 0.2) is 12.3 Å². The summed E-state index contributed by atoms with van der Waals surface area (Å²) < 4.78 is 11.8. The largest absolute Gasteiger partial charge is 0.453 e. The van der Waals surface area contributed by atoms with Crippen molar-refractivity contribution in [3.05, 3.63) is 68.5 Å². The average molecular weight is 362 g/mol. The van der Waals surface area contributed by atoms with E-state index in [0.29, 0.717) is 11.1 Å². The molecule has 138 valence electrons. The number of benzene rings is 1. The number of H-pyrrole nitrogens is 1. The molecule has 1 aliphatic rings. The van der Waals surface area contributed by atoms with Crippen molar-refractivity contribution < 1.29 is 24.5 Å². The Morgan fingerprint density at radius 2 is 2.04 bits per heavy atom. The summed E-state index contributed by atoms with van der Waals surface area (Å²) in [5, 5.41) is 20.0. The lowest BCUT2D eigenvalue weighted by Gasteiger charge is -2.20. The number of aromatic nitrogens is 2. The van der Waals surface area contributed by atoms with Crippen LogP contribution in [0.3, 0.4) is 0 Å². The number of rotatable bonds is 4. The topological polar surface area (TPSA) is 131 Å². The molecule has 0 saturated carbocycles. The maximum atomic E-state index is 12.4.